The van der Waals surface area contributed by atoms with E-state index in [2.05, 4.69) is 43.6 Å². The third-order valence-electron chi connectivity index (χ3n) is 2.82. The molecule has 94 valence electrons. The molecular formula is C14H11BrN4. The first kappa shape index (κ1) is 11.9. The SMILES string of the molecule is Nc1ccc(Nc2ccc(Br)c3ccccc23)nn1. The average Bonchev–Trinajstić information content (AvgIpc) is 2.45. The van der Waals surface area contributed by atoms with E-state index >= 15 is 0 Å². The van der Waals surface area contributed by atoms with Crippen molar-refractivity contribution in [1.82, 2.24) is 10.2 Å². The van der Waals surface area contributed by atoms with Crippen LogP contribution in [0.5, 0.6) is 0 Å². The summed E-state index contributed by atoms with van der Waals surface area (Å²) in [5.41, 5.74) is 6.51. The first-order valence-corrected chi connectivity index (χ1v) is 6.57. The van der Waals surface area contributed by atoms with Gasteiger partial charge in [0.25, 0.3) is 0 Å². The zero-order valence-electron chi connectivity index (χ0n) is 9.97. The molecule has 0 fully saturated rings. The zero-order valence-corrected chi connectivity index (χ0v) is 11.6. The highest BCUT2D eigenvalue weighted by molar-refractivity contribution is 9.10. The Morgan fingerprint density at radius 3 is 2.42 bits per heavy atom. The van der Waals surface area contributed by atoms with Gasteiger partial charge in [-0.05, 0) is 29.7 Å². The monoisotopic (exact) mass is 314 g/mol. The molecule has 3 N–H and O–H groups in total. The Hall–Kier alpha value is -2.14. The Balaban J connectivity index is 2.06. The van der Waals surface area contributed by atoms with Crippen molar-refractivity contribution in [3.05, 3.63) is 53.0 Å². The maximum absolute atomic E-state index is 5.52. The van der Waals surface area contributed by atoms with Gasteiger partial charge < -0.3 is 11.1 Å². The van der Waals surface area contributed by atoms with Crippen molar-refractivity contribution in [3.63, 3.8) is 0 Å². The molecule has 0 unspecified atom stereocenters. The molecule has 0 aliphatic rings. The molecule has 3 rings (SSSR count). The third kappa shape index (κ3) is 2.37. The number of benzene rings is 2. The molecular weight excluding hydrogens is 304 g/mol. The second-order valence-electron chi connectivity index (χ2n) is 4.11. The summed E-state index contributed by atoms with van der Waals surface area (Å²) in [4.78, 5) is 0. The Morgan fingerprint density at radius 2 is 1.68 bits per heavy atom. The lowest BCUT2D eigenvalue weighted by atomic mass is 10.1. The van der Waals surface area contributed by atoms with Crippen LogP contribution < -0.4 is 11.1 Å². The van der Waals surface area contributed by atoms with Crippen molar-refractivity contribution in [2.45, 2.75) is 0 Å². The molecule has 5 heteroatoms. The predicted octanol–water partition coefficient (Wildman–Crippen LogP) is 3.72. The number of hydrogen-bond acceptors (Lipinski definition) is 4. The lowest BCUT2D eigenvalue weighted by molar-refractivity contribution is 1.05. The molecule has 3 aromatic rings. The van der Waals surface area contributed by atoms with Gasteiger partial charge >= 0.3 is 0 Å². The highest BCUT2D eigenvalue weighted by atomic mass is 79.9. The van der Waals surface area contributed by atoms with Crippen molar-refractivity contribution >= 4 is 44.0 Å². The number of nitrogen functional groups attached to an aromatic ring is 1. The summed E-state index contributed by atoms with van der Waals surface area (Å²) in [6, 6.07) is 15.7. The highest BCUT2D eigenvalue weighted by Crippen LogP contribution is 2.31. The van der Waals surface area contributed by atoms with Crippen molar-refractivity contribution in [3.8, 4) is 0 Å². The summed E-state index contributed by atoms with van der Waals surface area (Å²) < 4.78 is 1.07. The quantitative estimate of drug-likeness (QED) is 0.756. The molecule has 0 atom stereocenters. The van der Waals surface area contributed by atoms with Crippen LogP contribution in [0.1, 0.15) is 0 Å². The van der Waals surface area contributed by atoms with E-state index in [-0.39, 0.29) is 0 Å². The van der Waals surface area contributed by atoms with Gasteiger partial charge in [0, 0.05) is 15.5 Å². The van der Waals surface area contributed by atoms with E-state index in [1.54, 1.807) is 12.1 Å². The second-order valence-corrected chi connectivity index (χ2v) is 4.96. The summed E-state index contributed by atoms with van der Waals surface area (Å²) in [5, 5.41) is 13.4. The van der Waals surface area contributed by atoms with Gasteiger partial charge in [-0.3, -0.25) is 0 Å². The Bertz CT molecular complexity index is 725. The molecule has 19 heavy (non-hydrogen) atoms. The third-order valence-corrected chi connectivity index (χ3v) is 3.51. The standard InChI is InChI=1S/C14H11BrN4/c15-11-5-6-12(10-4-2-1-3-9(10)11)17-14-8-7-13(16)18-19-14/h1-8H,(H2,16,18)(H,17,19). The van der Waals surface area contributed by atoms with Crippen LogP contribution in [0.15, 0.2) is 53.0 Å². The van der Waals surface area contributed by atoms with E-state index in [4.69, 9.17) is 5.73 Å². The molecule has 1 aromatic heterocycles. The topological polar surface area (TPSA) is 63.8 Å². The van der Waals surface area contributed by atoms with E-state index in [1.807, 2.05) is 24.3 Å². The van der Waals surface area contributed by atoms with Gasteiger partial charge in [0.1, 0.15) is 5.82 Å². The minimum atomic E-state index is 0.409. The number of halogens is 1. The molecule has 0 radical (unpaired) electrons. The number of fused-ring (bicyclic) bond motifs is 1. The number of nitrogens with zero attached hydrogens (tertiary/aromatic N) is 2. The molecule has 0 bridgehead atoms. The summed E-state index contributed by atoms with van der Waals surface area (Å²) >= 11 is 3.55. The molecule has 0 spiro atoms. The van der Waals surface area contributed by atoms with Crippen LogP contribution in [0.4, 0.5) is 17.3 Å². The first-order valence-electron chi connectivity index (χ1n) is 5.77. The van der Waals surface area contributed by atoms with E-state index in [1.165, 1.54) is 0 Å². The van der Waals surface area contributed by atoms with Crippen LogP contribution in [0.2, 0.25) is 0 Å². The largest absolute Gasteiger partial charge is 0.382 e. The lowest BCUT2D eigenvalue weighted by Gasteiger charge is -2.10. The van der Waals surface area contributed by atoms with Gasteiger partial charge in [0.05, 0.1) is 0 Å². The smallest absolute Gasteiger partial charge is 0.153 e. The number of anilines is 3. The van der Waals surface area contributed by atoms with Crippen molar-refractivity contribution in [2.24, 2.45) is 0 Å². The molecule has 0 amide bonds. The average molecular weight is 315 g/mol. The summed E-state index contributed by atoms with van der Waals surface area (Å²) in [6.07, 6.45) is 0. The molecule has 1 heterocycles. The lowest BCUT2D eigenvalue weighted by Crippen LogP contribution is -1.98. The Labute approximate surface area is 118 Å². The normalized spacial score (nSPS) is 10.6. The minimum Gasteiger partial charge on any atom is -0.382 e. The number of rotatable bonds is 2. The fourth-order valence-electron chi connectivity index (χ4n) is 1.92. The molecule has 2 aromatic carbocycles. The van der Waals surface area contributed by atoms with Crippen LogP contribution >= 0.6 is 15.9 Å². The van der Waals surface area contributed by atoms with Gasteiger partial charge in [-0.2, -0.15) is 0 Å². The van der Waals surface area contributed by atoms with Crippen molar-refractivity contribution in [1.29, 1.82) is 0 Å². The van der Waals surface area contributed by atoms with E-state index < -0.39 is 0 Å². The van der Waals surface area contributed by atoms with Crippen LogP contribution in [0, 0.1) is 0 Å². The van der Waals surface area contributed by atoms with E-state index in [0.29, 0.717) is 11.6 Å². The summed E-state index contributed by atoms with van der Waals surface area (Å²) in [5.74, 6) is 1.08. The van der Waals surface area contributed by atoms with Gasteiger partial charge in [-0.1, -0.05) is 40.2 Å². The Morgan fingerprint density at radius 1 is 0.895 bits per heavy atom. The molecule has 0 aliphatic heterocycles. The predicted molar refractivity (Wildman–Crippen MR) is 81.4 cm³/mol. The summed E-state index contributed by atoms with van der Waals surface area (Å²) in [7, 11) is 0. The minimum absolute atomic E-state index is 0.409. The van der Waals surface area contributed by atoms with Crippen molar-refractivity contribution in [2.75, 3.05) is 11.1 Å². The fourth-order valence-corrected chi connectivity index (χ4v) is 2.40. The molecule has 4 nitrogen and oxygen atoms in total. The van der Waals surface area contributed by atoms with Crippen LogP contribution in [-0.2, 0) is 0 Å². The maximum Gasteiger partial charge on any atom is 0.153 e. The van der Waals surface area contributed by atoms with E-state index in [9.17, 15) is 0 Å². The fraction of sp³-hybridized carbons (Fsp3) is 0. The zero-order chi connectivity index (χ0) is 13.2. The second kappa shape index (κ2) is 4.85. The van der Waals surface area contributed by atoms with Crippen molar-refractivity contribution < 1.29 is 0 Å². The van der Waals surface area contributed by atoms with E-state index in [0.717, 1.165) is 20.9 Å². The molecule has 0 saturated carbocycles. The van der Waals surface area contributed by atoms with Gasteiger partial charge in [-0.25, -0.2) is 0 Å². The van der Waals surface area contributed by atoms with Crippen LogP contribution in [0.25, 0.3) is 10.8 Å². The highest BCUT2D eigenvalue weighted by Gasteiger charge is 2.04. The van der Waals surface area contributed by atoms with Gasteiger partial charge in [0.15, 0.2) is 5.82 Å². The maximum atomic E-state index is 5.52. The number of aromatic nitrogens is 2. The molecule has 0 saturated heterocycles. The Kier molecular flexibility index (Phi) is 3.05. The molecule has 0 aliphatic carbocycles. The number of hydrogen-bond donors (Lipinski definition) is 2. The van der Waals surface area contributed by atoms with Crippen LogP contribution in [0.3, 0.4) is 0 Å². The number of nitrogens with two attached hydrogens (primary N) is 1. The first-order chi connectivity index (χ1) is 9.24. The summed E-state index contributed by atoms with van der Waals surface area (Å²) in [6.45, 7) is 0. The van der Waals surface area contributed by atoms with Gasteiger partial charge in [0.2, 0.25) is 0 Å². The van der Waals surface area contributed by atoms with Gasteiger partial charge in [-0.15, -0.1) is 10.2 Å². The van der Waals surface area contributed by atoms with Crippen LogP contribution in [-0.4, -0.2) is 10.2 Å². The number of nitrogens with one attached hydrogen (secondary N) is 1.